The van der Waals surface area contributed by atoms with Gasteiger partial charge in [0.15, 0.2) is 0 Å². The Morgan fingerprint density at radius 2 is 2.12 bits per heavy atom. The molecule has 0 aliphatic carbocycles. The smallest absolute Gasteiger partial charge is 0.236 e. The van der Waals surface area contributed by atoms with Crippen LogP contribution in [0.5, 0.6) is 0 Å². The number of hydrogen-bond acceptors (Lipinski definition) is 2. The van der Waals surface area contributed by atoms with E-state index in [0.29, 0.717) is 6.54 Å². The first-order valence-electron chi connectivity index (χ1n) is 4.88. The van der Waals surface area contributed by atoms with E-state index in [0.717, 1.165) is 17.0 Å². The molecule has 1 amide bonds. The molecule has 1 rings (SSSR count). The Labute approximate surface area is 107 Å². The Balaban J connectivity index is 0.00000225. The zero-order valence-electron chi connectivity index (χ0n) is 9.07. The number of benzene rings is 1. The highest BCUT2D eigenvalue weighted by molar-refractivity contribution is 6.31. The number of nitrogens with one attached hydrogen (secondary N) is 1. The average molecular weight is 263 g/mol. The van der Waals surface area contributed by atoms with Gasteiger partial charge in [0, 0.05) is 11.6 Å². The van der Waals surface area contributed by atoms with Gasteiger partial charge in [-0.15, -0.1) is 12.4 Å². The summed E-state index contributed by atoms with van der Waals surface area (Å²) in [5.41, 5.74) is 6.44. The third-order valence-corrected chi connectivity index (χ3v) is 2.43. The molecule has 0 saturated heterocycles. The lowest BCUT2D eigenvalue weighted by Crippen LogP contribution is -2.39. The van der Waals surface area contributed by atoms with Crippen LogP contribution in [0.15, 0.2) is 24.3 Å². The second kappa shape index (κ2) is 7.49. The Hall–Kier alpha value is -0.770. The summed E-state index contributed by atoms with van der Waals surface area (Å²) in [6.07, 6.45) is 0.720. The van der Waals surface area contributed by atoms with E-state index < -0.39 is 6.04 Å². The fraction of sp³-hybridized carbons (Fsp3) is 0.364. The molecule has 0 bridgehead atoms. The van der Waals surface area contributed by atoms with Gasteiger partial charge in [0.25, 0.3) is 0 Å². The molecule has 3 N–H and O–H groups in total. The summed E-state index contributed by atoms with van der Waals surface area (Å²) >= 11 is 5.96. The zero-order valence-corrected chi connectivity index (χ0v) is 10.6. The molecule has 0 unspecified atom stereocenters. The van der Waals surface area contributed by atoms with Gasteiger partial charge in [-0.25, -0.2) is 0 Å². The fourth-order valence-corrected chi connectivity index (χ4v) is 1.41. The lowest BCUT2D eigenvalue weighted by molar-refractivity contribution is -0.121. The van der Waals surface area contributed by atoms with Crippen LogP contribution in [0.1, 0.15) is 12.5 Å². The third kappa shape index (κ3) is 4.84. The summed E-state index contributed by atoms with van der Waals surface area (Å²) in [7, 11) is 0. The predicted molar refractivity (Wildman–Crippen MR) is 69.1 cm³/mol. The zero-order chi connectivity index (χ0) is 11.3. The van der Waals surface area contributed by atoms with Gasteiger partial charge in [-0.2, -0.15) is 0 Å². The monoisotopic (exact) mass is 262 g/mol. The molecule has 0 saturated carbocycles. The van der Waals surface area contributed by atoms with E-state index in [4.69, 9.17) is 17.3 Å². The van der Waals surface area contributed by atoms with E-state index in [1.165, 1.54) is 0 Å². The summed E-state index contributed by atoms with van der Waals surface area (Å²) in [5, 5.41) is 3.46. The van der Waals surface area contributed by atoms with Crippen LogP contribution in [0.2, 0.25) is 5.02 Å². The molecular weight excluding hydrogens is 247 g/mol. The third-order valence-electron chi connectivity index (χ3n) is 2.06. The Morgan fingerprint density at radius 3 is 2.69 bits per heavy atom. The van der Waals surface area contributed by atoms with Crippen molar-refractivity contribution in [2.75, 3.05) is 6.54 Å². The Morgan fingerprint density at radius 1 is 1.50 bits per heavy atom. The van der Waals surface area contributed by atoms with Crippen molar-refractivity contribution in [1.82, 2.24) is 5.32 Å². The number of nitrogens with two attached hydrogens (primary N) is 1. The lowest BCUT2D eigenvalue weighted by Gasteiger charge is -2.08. The summed E-state index contributed by atoms with van der Waals surface area (Å²) in [6.45, 7) is 2.22. The quantitative estimate of drug-likeness (QED) is 0.869. The maximum atomic E-state index is 11.1. The van der Waals surface area contributed by atoms with Gasteiger partial charge in [-0.3, -0.25) is 4.79 Å². The maximum absolute atomic E-state index is 11.1. The van der Waals surface area contributed by atoms with Crippen LogP contribution in [-0.2, 0) is 11.2 Å². The summed E-state index contributed by atoms with van der Waals surface area (Å²) in [6, 6.07) is 7.13. The molecule has 0 aliphatic rings. The van der Waals surface area contributed by atoms with Crippen molar-refractivity contribution in [3.8, 4) is 0 Å². The highest BCUT2D eigenvalue weighted by atomic mass is 35.5. The summed E-state index contributed by atoms with van der Waals surface area (Å²) in [4.78, 5) is 11.1. The van der Waals surface area contributed by atoms with E-state index in [9.17, 15) is 4.79 Å². The lowest BCUT2D eigenvalue weighted by atomic mass is 10.1. The largest absolute Gasteiger partial charge is 0.354 e. The molecule has 0 aliphatic heterocycles. The Kier molecular flexibility index (Phi) is 7.13. The number of carbonyl (C=O) groups excluding carboxylic acids is 1. The van der Waals surface area contributed by atoms with Crippen LogP contribution < -0.4 is 11.1 Å². The van der Waals surface area contributed by atoms with Gasteiger partial charge < -0.3 is 11.1 Å². The normalized spacial score (nSPS) is 11.4. The first-order chi connectivity index (χ1) is 7.11. The molecule has 1 aromatic carbocycles. The molecule has 0 spiro atoms. The van der Waals surface area contributed by atoms with Crippen LogP contribution in [0.4, 0.5) is 0 Å². The highest BCUT2D eigenvalue weighted by Gasteiger charge is 2.06. The number of rotatable bonds is 4. The van der Waals surface area contributed by atoms with Gasteiger partial charge in [0.2, 0.25) is 5.91 Å². The second-order valence-electron chi connectivity index (χ2n) is 3.42. The SMILES string of the molecule is C[C@@H](N)C(=O)NCCc1ccccc1Cl.Cl. The molecule has 1 atom stereocenters. The first kappa shape index (κ1) is 15.2. The van der Waals surface area contributed by atoms with E-state index in [-0.39, 0.29) is 18.3 Å². The molecule has 16 heavy (non-hydrogen) atoms. The number of halogens is 2. The van der Waals surface area contributed by atoms with Gasteiger partial charge >= 0.3 is 0 Å². The number of carbonyl (C=O) groups is 1. The van der Waals surface area contributed by atoms with Crippen molar-refractivity contribution in [1.29, 1.82) is 0 Å². The van der Waals surface area contributed by atoms with Crippen molar-refractivity contribution < 1.29 is 4.79 Å². The molecule has 0 aromatic heterocycles. The molecule has 90 valence electrons. The van der Waals surface area contributed by atoms with Gasteiger partial charge in [-0.05, 0) is 25.0 Å². The van der Waals surface area contributed by atoms with E-state index in [2.05, 4.69) is 5.32 Å². The van der Waals surface area contributed by atoms with E-state index in [1.807, 2.05) is 24.3 Å². The van der Waals surface area contributed by atoms with Crippen LogP contribution in [0.25, 0.3) is 0 Å². The number of hydrogen-bond donors (Lipinski definition) is 2. The predicted octanol–water partition coefficient (Wildman–Crippen LogP) is 1.77. The molecule has 0 radical (unpaired) electrons. The second-order valence-corrected chi connectivity index (χ2v) is 3.83. The van der Waals surface area contributed by atoms with E-state index >= 15 is 0 Å². The summed E-state index contributed by atoms with van der Waals surface area (Å²) in [5.74, 6) is -0.137. The summed E-state index contributed by atoms with van der Waals surface area (Å²) < 4.78 is 0. The standard InChI is InChI=1S/C11H15ClN2O.ClH/c1-8(13)11(15)14-7-6-9-4-2-3-5-10(9)12;/h2-5,8H,6-7,13H2,1H3,(H,14,15);1H/t8-;/m1./s1. The van der Waals surface area contributed by atoms with E-state index in [1.54, 1.807) is 6.92 Å². The topological polar surface area (TPSA) is 55.1 Å². The van der Waals surface area contributed by atoms with Crippen LogP contribution >= 0.6 is 24.0 Å². The van der Waals surface area contributed by atoms with Gasteiger partial charge in [-0.1, -0.05) is 29.8 Å². The highest BCUT2D eigenvalue weighted by Crippen LogP contribution is 2.14. The van der Waals surface area contributed by atoms with Crippen LogP contribution in [-0.4, -0.2) is 18.5 Å². The van der Waals surface area contributed by atoms with Gasteiger partial charge in [0.05, 0.1) is 6.04 Å². The van der Waals surface area contributed by atoms with Crippen molar-refractivity contribution >= 4 is 29.9 Å². The van der Waals surface area contributed by atoms with Crippen LogP contribution in [0, 0.1) is 0 Å². The minimum atomic E-state index is -0.462. The minimum absolute atomic E-state index is 0. The molecular formula is C11H16Cl2N2O. The fourth-order valence-electron chi connectivity index (χ4n) is 1.18. The first-order valence-corrected chi connectivity index (χ1v) is 5.25. The molecule has 3 nitrogen and oxygen atoms in total. The molecule has 0 fully saturated rings. The maximum Gasteiger partial charge on any atom is 0.236 e. The molecule has 5 heteroatoms. The molecule has 1 aromatic rings. The van der Waals surface area contributed by atoms with Crippen molar-refractivity contribution in [3.63, 3.8) is 0 Å². The van der Waals surface area contributed by atoms with Crippen molar-refractivity contribution in [3.05, 3.63) is 34.9 Å². The minimum Gasteiger partial charge on any atom is -0.354 e. The van der Waals surface area contributed by atoms with Crippen molar-refractivity contribution in [2.24, 2.45) is 5.73 Å². The van der Waals surface area contributed by atoms with Crippen LogP contribution in [0.3, 0.4) is 0 Å². The number of amides is 1. The average Bonchev–Trinajstić information content (AvgIpc) is 2.20. The van der Waals surface area contributed by atoms with Gasteiger partial charge in [0.1, 0.15) is 0 Å². The Bertz CT molecular complexity index is 343. The molecule has 0 heterocycles. The van der Waals surface area contributed by atoms with Crippen molar-refractivity contribution in [2.45, 2.75) is 19.4 Å².